The Morgan fingerprint density at radius 1 is 1.34 bits per heavy atom. The second kappa shape index (κ2) is 9.03. The van der Waals surface area contributed by atoms with Gasteiger partial charge in [0.15, 0.2) is 0 Å². The average Bonchev–Trinajstić information content (AvgIpc) is 3.13. The highest BCUT2D eigenvalue weighted by Gasteiger charge is 2.22. The van der Waals surface area contributed by atoms with Crippen LogP contribution in [0, 0.1) is 11.6 Å². The Labute approximate surface area is 168 Å². The van der Waals surface area contributed by atoms with E-state index in [9.17, 15) is 18.7 Å². The highest BCUT2D eigenvalue weighted by Crippen LogP contribution is 2.35. The van der Waals surface area contributed by atoms with Crippen LogP contribution in [0.5, 0.6) is 5.88 Å². The minimum Gasteiger partial charge on any atom is -0.512 e. The van der Waals surface area contributed by atoms with Crippen LogP contribution in [0.15, 0.2) is 42.3 Å². The second-order valence-corrected chi connectivity index (χ2v) is 7.38. The molecule has 2 aromatic rings. The van der Waals surface area contributed by atoms with Gasteiger partial charge in [-0.1, -0.05) is 6.92 Å². The first kappa shape index (κ1) is 20.8. The van der Waals surface area contributed by atoms with Gasteiger partial charge >= 0.3 is 0 Å². The predicted octanol–water partition coefficient (Wildman–Crippen LogP) is 4.77. The summed E-state index contributed by atoms with van der Waals surface area (Å²) in [6, 6.07) is 5.89. The Balaban J connectivity index is 1.89. The van der Waals surface area contributed by atoms with Gasteiger partial charge in [-0.3, -0.25) is 4.79 Å². The summed E-state index contributed by atoms with van der Waals surface area (Å²) in [6.45, 7) is 1.56. The van der Waals surface area contributed by atoms with Gasteiger partial charge in [-0.15, -0.1) is 0 Å². The molecule has 7 heteroatoms. The Hall–Kier alpha value is -2.96. The van der Waals surface area contributed by atoms with E-state index in [-0.39, 0.29) is 23.8 Å². The minimum atomic E-state index is -0.822. The van der Waals surface area contributed by atoms with Crippen LogP contribution in [0.25, 0.3) is 11.1 Å². The molecule has 0 saturated heterocycles. The van der Waals surface area contributed by atoms with E-state index in [2.05, 4.69) is 4.98 Å². The number of hydrogen-bond donors (Lipinski definition) is 2. The number of primary amides is 1. The fraction of sp³-hybridized carbons (Fsp3) is 0.364. The number of rotatable bonds is 7. The lowest BCUT2D eigenvalue weighted by molar-refractivity contribution is -0.113. The Bertz CT molecular complexity index is 901. The van der Waals surface area contributed by atoms with Crippen molar-refractivity contribution < 1.29 is 23.4 Å². The number of aliphatic hydroxyl groups excluding tert-OH is 1. The van der Waals surface area contributed by atoms with E-state index in [1.165, 1.54) is 12.1 Å². The molecular formula is C22H24F2N2O3. The number of carbonyl (C=O) groups is 1. The summed E-state index contributed by atoms with van der Waals surface area (Å²) in [7, 11) is 0. The van der Waals surface area contributed by atoms with E-state index in [0.29, 0.717) is 17.0 Å². The van der Waals surface area contributed by atoms with Crippen LogP contribution in [0.2, 0.25) is 0 Å². The van der Waals surface area contributed by atoms with Crippen molar-refractivity contribution in [2.75, 3.05) is 0 Å². The lowest BCUT2D eigenvalue weighted by Crippen LogP contribution is -2.12. The van der Waals surface area contributed by atoms with Gasteiger partial charge in [-0.2, -0.15) is 0 Å². The molecule has 0 radical (unpaired) electrons. The number of benzene rings is 1. The number of aromatic nitrogens is 1. The third-order valence-corrected chi connectivity index (χ3v) is 5.06. The molecule has 1 aliphatic rings. The van der Waals surface area contributed by atoms with Gasteiger partial charge in [0.2, 0.25) is 11.8 Å². The van der Waals surface area contributed by atoms with Crippen LogP contribution in [0.4, 0.5) is 8.78 Å². The molecule has 29 heavy (non-hydrogen) atoms. The molecule has 1 aromatic carbocycles. The van der Waals surface area contributed by atoms with Gasteiger partial charge < -0.3 is 15.6 Å². The van der Waals surface area contributed by atoms with Gasteiger partial charge in [-0.25, -0.2) is 13.8 Å². The quantitative estimate of drug-likeness (QED) is 0.516. The SMILES string of the molecule is CC(C/C(O)=C/C(N)=O)c1c(F)cc(-c2cccnc2OC2CCCC2)cc1F. The maximum atomic E-state index is 14.8. The van der Waals surface area contributed by atoms with Crippen molar-refractivity contribution >= 4 is 5.91 Å². The summed E-state index contributed by atoms with van der Waals surface area (Å²) in [6.07, 6.45) is 6.46. The normalized spacial score (nSPS) is 16.0. The zero-order valence-corrected chi connectivity index (χ0v) is 16.2. The zero-order chi connectivity index (χ0) is 21.0. The molecule has 5 nitrogen and oxygen atoms in total. The standard InChI is InChI=1S/C22H24F2N2O3/c1-13(9-15(27)12-20(25)28)21-18(23)10-14(11-19(21)24)17-7-4-8-26-22(17)29-16-5-2-3-6-16/h4,7-8,10-13,16,27H,2-3,5-6,9H2,1H3,(H2,25,28)/b15-12-. The van der Waals surface area contributed by atoms with Crippen molar-refractivity contribution in [3.8, 4) is 17.0 Å². The minimum absolute atomic E-state index is 0.0673. The number of nitrogens with two attached hydrogens (primary N) is 1. The van der Waals surface area contributed by atoms with Crippen molar-refractivity contribution in [2.45, 2.75) is 51.0 Å². The third-order valence-electron chi connectivity index (χ3n) is 5.06. The van der Waals surface area contributed by atoms with Crippen LogP contribution >= 0.6 is 0 Å². The van der Waals surface area contributed by atoms with Crippen molar-refractivity contribution in [1.82, 2.24) is 4.98 Å². The second-order valence-electron chi connectivity index (χ2n) is 7.38. The highest BCUT2D eigenvalue weighted by molar-refractivity contribution is 5.86. The molecule has 154 valence electrons. The van der Waals surface area contributed by atoms with E-state index in [1.807, 2.05) is 0 Å². The van der Waals surface area contributed by atoms with Crippen LogP contribution < -0.4 is 10.5 Å². The van der Waals surface area contributed by atoms with E-state index >= 15 is 0 Å². The van der Waals surface area contributed by atoms with Gasteiger partial charge in [-0.05, 0) is 61.4 Å². The number of amides is 1. The number of allylic oxidation sites excluding steroid dienone is 1. The van der Waals surface area contributed by atoms with E-state index < -0.39 is 23.5 Å². The molecule has 0 spiro atoms. The first-order chi connectivity index (χ1) is 13.8. The number of carbonyl (C=O) groups excluding carboxylic acids is 1. The average molecular weight is 402 g/mol. The first-order valence-corrected chi connectivity index (χ1v) is 9.65. The maximum Gasteiger partial charge on any atom is 0.244 e. The molecule has 1 amide bonds. The number of hydrogen-bond acceptors (Lipinski definition) is 4. The van der Waals surface area contributed by atoms with E-state index in [4.69, 9.17) is 10.5 Å². The van der Waals surface area contributed by atoms with Gasteiger partial charge in [0.1, 0.15) is 17.7 Å². The smallest absolute Gasteiger partial charge is 0.244 e. The summed E-state index contributed by atoms with van der Waals surface area (Å²) in [5, 5.41) is 9.73. The van der Waals surface area contributed by atoms with Gasteiger partial charge in [0.05, 0.1) is 5.76 Å². The molecule has 1 aromatic heterocycles. The number of halogens is 2. The van der Waals surface area contributed by atoms with Crippen LogP contribution in [0.3, 0.4) is 0 Å². The van der Waals surface area contributed by atoms with Gasteiger partial charge in [0, 0.05) is 29.8 Å². The number of nitrogens with zero attached hydrogens (tertiary/aromatic N) is 1. The topological polar surface area (TPSA) is 85.4 Å². The predicted molar refractivity (Wildman–Crippen MR) is 105 cm³/mol. The van der Waals surface area contributed by atoms with Crippen molar-refractivity contribution in [3.05, 3.63) is 59.5 Å². The maximum absolute atomic E-state index is 14.8. The Morgan fingerprint density at radius 2 is 2.00 bits per heavy atom. The molecule has 3 rings (SSSR count). The molecule has 1 saturated carbocycles. The van der Waals surface area contributed by atoms with Gasteiger partial charge in [0.25, 0.3) is 0 Å². The molecule has 1 unspecified atom stereocenters. The fourth-order valence-electron chi connectivity index (χ4n) is 3.72. The lowest BCUT2D eigenvalue weighted by atomic mass is 9.93. The van der Waals surface area contributed by atoms with Crippen LogP contribution in [-0.4, -0.2) is 22.1 Å². The largest absolute Gasteiger partial charge is 0.512 e. The van der Waals surface area contributed by atoms with E-state index in [1.54, 1.807) is 25.3 Å². The summed E-state index contributed by atoms with van der Waals surface area (Å²) in [5.41, 5.74) is 5.67. The van der Waals surface area contributed by atoms with Crippen molar-refractivity contribution in [1.29, 1.82) is 0 Å². The van der Waals surface area contributed by atoms with Crippen molar-refractivity contribution in [3.63, 3.8) is 0 Å². The number of pyridine rings is 1. The molecule has 0 bridgehead atoms. The summed E-state index contributed by atoms with van der Waals surface area (Å²) in [4.78, 5) is 15.1. The summed E-state index contributed by atoms with van der Waals surface area (Å²) < 4.78 is 35.6. The first-order valence-electron chi connectivity index (χ1n) is 9.65. The third kappa shape index (κ3) is 5.10. The molecule has 1 atom stereocenters. The number of aliphatic hydroxyl groups is 1. The summed E-state index contributed by atoms with van der Waals surface area (Å²) >= 11 is 0. The van der Waals surface area contributed by atoms with Crippen LogP contribution in [0.1, 0.15) is 50.5 Å². The van der Waals surface area contributed by atoms with Crippen molar-refractivity contribution in [2.24, 2.45) is 5.73 Å². The molecule has 1 fully saturated rings. The molecule has 1 aliphatic carbocycles. The molecule has 0 aliphatic heterocycles. The van der Waals surface area contributed by atoms with E-state index in [0.717, 1.165) is 31.8 Å². The highest BCUT2D eigenvalue weighted by atomic mass is 19.1. The Morgan fingerprint density at radius 3 is 2.62 bits per heavy atom. The molecular weight excluding hydrogens is 378 g/mol. The monoisotopic (exact) mass is 402 g/mol. The van der Waals surface area contributed by atoms with Crippen LogP contribution in [-0.2, 0) is 4.79 Å². The molecule has 1 heterocycles. The fourth-order valence-corrected chi connectivity index (χ4v) is 3.72. The zero-order valence-electron chi connectivity index (χ0n) is 16.2. The molecule has 3 N–H and O–H groups in total. The Kier molecular flexibility index (Phi) is 6.46. The lowest BCUT2D eigenvalue weighted by Gasteiger charge is -2.17. The summed E-state index contributed by atoms with van der Waals surface area (Å²) in [5.74, 6) is -2.96. The number of ether oxygens (including phenoxy) is 1.